The van der Waals surface area contributed by atoms with E-state index in [9.17, 15) is 4.79 Å². The molecule has 2 aromatic rings. The number of piperidine rings is 1. The van der Waals surface area contributed by atoms with Crippen molar-refractivity contribution in [3.05, 3.63) is 28.0 Å². The summed E-state index contributed by atoms with van der Waals surface area (Å²) in [5, 5.41) is 0.421. The Balaban J connectivity index is 1.71. The van der Waals surface area contributed by atoms with Crippen LogP contribution in [0, 0.1) is 0 Å². The van der Waals surface area contributed by atoms with Crippen LogP contribution in [0.2, 0.25) is 5.15 Å². The number of amides is 1. The van der Waals surface area contributed by atoms with E-state index in [2.05, 4.69) is 25.9 Å². The number of carbonyl (C=O) groups is 1. The molecule has 6 nitrogen and oxygen atoms in total. The zero-order chi connectivity index (χ0) is 15.3. The summed E-state index contributed by atoms with van der Waals surface area (Å²) >= 11 is 9.62. The smallest absolute Gasteiger partial charge is 0.248 e. The Kier molecular flexibility index (Phi) is 3.58. The fraction of sp³-hybridized carbons (Fsp3) is 0.500. The highest BCUT2D eigenvalue weighted by molar-refractivity contribution is 9.10. The van der Waals surface area contributed by atoms with Gasteiger partial charge in [-0.15, -0.1) is 0 Å². The third-order valence-corrected chi connectivity index (χ3v) is 5.25. The summed E-state index contributed by atoms with van der Waals surface area (Å²) in [7, 11) is 0. The molecule has 2 fully saturated rings. The molecule has 0 radical (unpaired) electrons. The normalized spacial score (nSPS) is 25.5. The molecule has 22 heavy (non-hydrogen) atoms. The fourth-order valence-electron chi connectivity index (χ4n) is 3.35. The van der Waals surface area contributed by atoms with Gasteiger partial charge in [0.2, 0.25) is 5.91 Å². The van der Waals surface area contributed by atoms with Crippen LogP contribution in [0.5, 0.6) is 0 Å². The molecule has 2 atom stereocenters. The number of morpholine rings is 1. The van der Waals surface area contributed by atoms with E-state index in [1.165, 1.54) is 0 Å². The molecular weight excluding hydrogens is 372 g/mol. The number of nitrogens with zero attached hydrogens (tertiary/aromatic N) is 4. The average molecular weight is 386 g/mol. The molecule has 0 aliphatic carbocycles. The fourth-order valence-corrected chi connectivity index (χ4v) is 4.26. The van der Waals surface area contributed by atoms with Crippen LogP contribution in [-0.2, 0) is 9.53 Å². The van der Waals surface area contributed by atoms with Crippen molar-refractivity contribution < 1.29 is 9.53 Å². The van der Waals surface area contributed by atoms with Gasteiger partial charge in [-0.3, -0.25) is 9.20 Å². The highest BCUT2D eigenvalue weighted by Gasteiger charge is 2.36. The van der Waals surface area contributed by atoms with Gasteiger partial charge in [0.25, 0.3) is 0 Å². The van der Waals surface area contributed by atoms with E-state index in [0.29, 0.717) is 22.9 Å². The maximum absolute atomic E-state index is 12.1. The number of aromatic nitrogens is 3. The maximum atomic E-state index is 12.1. The molecule has 4 heterocycles. The van der Waals surface area contributed by atoms with Crippen LogP contribution >= 0.6 is 27.5 Å². The van der Waals surface area contributed by atoms with Crippen LogP contribution in [0.25, 0.3) is 5.52 Å². The van der Waals surface area contributed by atoms with Gasteiger partial charge in [-0.05, 0) is 28.8 Å². The third-order valence-electron chi connectivity index (χ3n) is 4.42. The second-order valence-corrected chi connectivity index (χ2v) is 6.80. The van der Waals surface area contributed by atoms with E-state index < -0.39 is 0 Å². The number of fused-ring (bicyclic) bond motifs is 2. The minimum Gasteiger partial charge on any atom is -0.369 e. The molecule has 0 N–H and O–H groups in total. The van der Waals surface area contributed by atoms with Crippen molar-refractivity contribution in [2.45, 2.75) is 24.8 Å². The summed E-state index contributed by atoms with van der Waals surface area (Å²) in [6.07, 6.45) is 5.44. The second kappa shape index (κ2) is 5.47. The topological polar surface area (TPSA) is 59.7 Å². The number of hydrogen-bond donors (Lipinski definition) is 0. The van der Waals surface area contributed by atoms with Gasteiger partial charge >= 0.3 is 0 Å². The summed E-state index contributed by atoms with van der Waals surface area (Å²) in [4.78, 5) is 22.7. The quantitative estimate of drug-likeness (QED) is 0.755. The summed E-state index contributed by atoms with van der Waals surface area (Å²) in [6.45, 7) is 1.50. The van der Waals surface area contributed by atoms with Crippen LogP contribution in [0.1, 0.15) is 24.6 Å². The predicted octanol–water partition coefficient (Wildman–Crippen LogP) is 2.25. The summed E-state index contributed by atoms with van der Waals surface area (Å²) in [6, 6.07) is 0.206. The van der Waals surface area contributed by atoms with Crippen LogP contribution < -0.4 is 0 Å². The minimum atomic E-state index is 0.0700. The van der Waals surface area contributed by atoms with E-state index in [4.69, 9.17) is 16.3 Å². The molecule has 0 spiro atoms. The highest BCUT2D eigenvalue weighted by atomic mass is 79.9. The highest BCUT2D eigenvalue weighted by Crippen LogP contribution is 2.34. The van der Waals surface area contributed by atoms with Crippen molar-refractivity contribution in [1.29, 1.82) is 0 Å². The zero-order valence-corrected chi connectivity index (χ0v) is 14.0. The van der Waals surface area contributed by atoms with E-state index >= 15 is 0 Å². The minimum absolute atomic E-state index is 0.0700. The molecule has 2 aliphatic rings. The van der Waals surface area contributed by atoms with Gasteiger partial charge in [0, 0.05) is 24.9 Å². The number of imidazole rings is 1. The van der Waals surface area contributed by atoms with Crippen LogP contribution in [0.3, 0.4) is 0 Å². The number of rotatable bonds is 1. The van der Waals surface area contributed by atoms with E-state index in [1.807, 2.05) is 15.5 Å². The molecule has 0 unspecified atom stereocenters. The maximum Gasteiger partial charge on any atom is 0.248 e. The van der Waals surface area contributed by atoms with Crippen LogP contribution in [0.4, 0.5) is 0 Å². The Labute approximate surface area is 140 Å². The lowest BCUT2D eigenvalue weighted by Gasteiger charge is -2.41. The van der Waals surface area contributed by atoms with Gasteiger partial charge < -0.3 is 9.64 Å². The molecule has 0 bridgehead atoms. The van der Waals surface area contributed by atoms with Crippen molar-refractivity contribution in [1.82, 2.24) is 19.3 Å². The van der Waals surface area contributed by atoms with Crippen molar-refractivity contribution in [3.8, 4) is 0 Å². The van der Waals surface area contributed by atoms with E-state index in [-0.39, 0.29) is 24.5 Å². The monoisotopic (exact) mass is 384 g/mol. The van der Waals surface area contributed by atoms with Gasteiger partial charge in [0.15, 0.2) is 5.15 Å². The predicted molar refractivity (Wildman–Crippen MR) is 84.0 cm³/mol. The molecule has 116 valence electrons. The standard InChI is InChI=1S/C14H14BrClN4O2/c15-12-11-13(16)17-3-4-19(11)14(18-12)8-1-2-9-6-22-7-10(21)20(9)5-8/h3-4,8-9H,1-2,5-7H2/t8-,9+/m1/s1. The van der Waals surface area contributed by atoms with Crippen molar-refractivity contribution in [2.24, 2.45) is 0 Å². The van der Waals surface area contributed by atoms with Gasteiger partial charge in [-0.2, -0.15) is 0 Å². The Hall–Kier alpha value is -1.18. The first-order valence-corrected chi connectivity index (χ1v) is 8.37. The van der Waals surface area contributed by atoms with Gasteiger partial charge in [0.05, 0.1) is 12.6 Å². The van der Waals surface area contributed by atoms with E-state index in [1.54, 1.807) is 6.20 Å². The average Bonchev–Trinajstić information content (AvgIpc) is 2.86. The van der Waals surface area contributed by atoms with Gasteiger partial charge in [-0.1, -0.05) is 11.6 Å². The summed E-state index contributed by atoms with van der Waals surface area (Å²) in [5.74, 6) is 1.18. The summed E-state index contributed by atoms with van der Waals surface area (Å²) in [5.41, 5.74) is 0.773. The molecule has 1 amide bonds. The number of carbonyl (C=O) groups excluding carboxylic acids is 1. The Morgan fingerprint density at radius 3 is 3.14 bits per heavy atom. The lowest BCUT2D eigenvalue weighted by molar-refractivity contribution is -0.150. The Morgan fingerprint density at radius 1 is 1.41 bits per heavy atom. The first-order valence-electron chi connectivity index (χ1n) is 7.20. The third kappa shape index (κ3) is 2.23. The lowest BCUT2D eigenvalue weighted by Crippen LogP contribution is -2.53. The summed E-state index contributed by atoms with van der Waals surface area (Å²) < 4.78 is 8.00. The number of halogens is 2. The van der Waals surface area contributed by atoms with Gasteiger partial charge in [-0.25, -0.2) is 9.97 Å². The van der Waals surface area contributed by atoms with Crippen LogP contribution in [0.15, 0.2) is 17.0 Å². The second-order valence-electron chi connectivity index (χ2n) is 5.69. The van der Waals surface area contributed by atoms with Gasteiger partial charge in [0.1, 0.15) is 22.6 Å². The molecule has 2 saturated heterocycles. The first kappa shape index (κ1) is 14.4. The molecule has 8 heteroatoms. The lowest BCUT2D eigenvalue weighted by atomic mass is 9.91. The first-order chi connectivity index (χ1) is 10.6. The molecule has 0 aromatic carbocycles. The molecule has 2 aliphatic heterocycles. The number of hydrogen-bond acceptors (Lipinski definition) is 4. The largest absolute Gasteiger partial charge is 0.369 e. The zero-order valence-electron chi connectivity index (χ0n) is 11.7. The Bertz CT molecular complexity index is 750. The van der Waals surface area contributed by atoms with Crippen molar-refractivity contribution in [2.75, 3.05) is 19.8 Å². The molecule has 0 saturated carbocycles. The van der Waals surface area contributed by atoms with Crippen LogP contribution in [-0.4, -0.2) is 51.0 Å². The number of ether oxygens (including phenoxy) is 1. The van der Waals surface area contributed by atoms with Crippen molar-refractivity contribution in [3.63, 3.8) is 0 Å². The van der Waals surface area contributed by atoms with E-state index in [0.717, 1.165) is 24.2 Å². The molecule has 4 rings (SSSR count). The molecular formula is C14H14BrClN4O2. The SMILES string of the molecule is O=C1COC[C@@H]2CC[C@@H](c3nc(Br)c4c(Cl)nccn34)CN12. The van der Waals surface area contributed by atoms with Crippen molar-refractivity contribution >= 4 is 39.0 Å². The molecule has 2 aromatic heterocycles. The Morgan fingerprint density at radius 2 is 2.27 bits per heavy atom.